The summed E-state index contributed by atoms with van der Waals surface area (Å²) >= 11 is 4.47. The van der Waals surface area contributed by atoms with E-state index in [1.165, 1.54) is 34.2 Å². The molecule has 0 unspecified atom stereocenters. The minimum atomic E-state index is -0.222. The first kappa shape index (κ1) is 26.7. The summed E-state index contributed by atoms with van der Waals surface area (Å²) < 4.78 is 13.0. The third-order valence-electron chi connectivity index (χ3n) is 5.03. The molecule has 4 aromatic rings. The quantitative estimate of drug-likeness (QED) is 0.132. The number of ether oxygens (including phenoxy) is 2. The van der Waals surface area contributed by atoms with E-state index in [0.29, 0.717) is 18.1 Å². The van der Waals surface area contributed by atoms with E-state index in [2.05, 4.69) is 51.9 Å². The number of hydrogen-bond donors (Lipinski definition) is 1. The molecule has 37 heavy (non-hydrogen) atoms. The van der Waals surface area contributed by atoms with Crippen LogP contribution in [0, 0.1) is 6.92 Å². The normalized spacial score (nSPS) is 11.0. The molecule has 1 N–H and O–H groups in total. The fourth-order valence-electron chi connectivity index (χ4n) is 3.10. The zero-order valence-electron chi connectivity index (χ0n) is 20.4. The minimum absolute atomic E-state index is 0.199. The highest BCUT2D eigenvalue weighted by Gasteiger charge is 2.09. The average molecular weight is 551 g/mol. The number of hydrogen-bond acceptors (Lipinski definition) is 9. The third kappa shape index (κ3) is 8.63. The van der Waals surface area contributed by atoms with Gasteiger partial charge in [-0.2, -0.15) is 5.10 Å². The van der Waals surface area contributed by atoms with E-state index < -0.39 is 0 Å². The number of nitrogens with zero attached hydrogens (tertiary/aromatic N) is 3. The maximum absolute atomic E-state index is 12.2. The molecule has 0 fully saturated rings. The van der Waals surface area contributed by atoms with Crippen LogP contribution >= 0.6 is 34.9 Å². The van der Waals surface area contributed by atoms with Crippen molar-refractivity contribution in [1.82, 2.24) is 15.6 Å². The van der Waals surface area contributed by atoms with Gasteiger partial charge in [0.15, 0.2) is 20.2 Å². The van der Waals surface area contributed by atoms with Crippen molar-refractivity contribution in [3.8, 4) is 11.5 Å². The van der Waals surface area contributed by atoms with E-state index >= 15 is 0 Å². The Morgan fingerprint density at radius 1 is 0.973 bits per heavy atom. The molecule has 0 saturated heterocycles. The van der Waals surface area contributed by atoms with Gasteiger partial charge in [0.2, 0.25) is 0 Å². The van der Waals surface area contributed by atoms with Crippen LogP contribution in [0.5, 0.6) is 11.5 Å². The van der Waals surface area contributed by atoms with Gasteiger partial charge < -0.3 is 9.47 Å². The Hall–Kier alpha value is -3.34. The van der Waals surface area contributed by atoms with E-state index in [1.807, 2.05) is 48.5 Å². The zero-order valence-corrected chi connectivity index (χ0v) is 22.9. The second kappa shape index (κ2) is 13.8. The molecular formula is C27H26N4O3S3. The SMILES string of the molecule is COc1cc(/C=N/NC(=O)CSc2nnc(SCc3ccc(C)cc3)s2)ccc1OCc1ccccc1. The van der Waals surface area contributed by atoms with Gasteiger partial charge in [-0.3, -0.25) is 4.79 Å². The predicted molar refractivity (Wildman–Crippen MR) is 151 cm³/mol. The molecule has 1 aromatic heterocycles. The van der Waals surface area contributed by atoms with Crippen molar-refractivity contribution in [2.24, 2.45) is 5.10 Å². The Labute approximate surface area is 228 Å². The van der Waals surface area contributed by atoms with Gasteiger partial charge in [-0.25, -0.2) is 5.43 Å². The molecule has 7 nitrogen and oxygen atoms in total. The molecule has 0 atom stereocenters. The van der Waals surface area contributed by atoms with Crippen LogP contribution in [0.3, 0.4) is 0 Å². The molecule has 4 rings (SSSR count). The Bertz CT molecular complexity index is 1330. The average Bonchev–Trinajstić information content (AvgIpc) is 3.39. The number of aromatic nitrogens is 2. The molecule has 190 valence electrons. The minimum Gasteiger partial charge on any atom is -0.493 e. The molecular weight excluding hydrogens is 525 g/mol. The Morgan fingerprint density at radius 2 is 1.73 bits per heavy atom. The summed E-state index contributed by atoms with van der Waals surface area (Å²) in [5, 5.41) is 12.4. The smallest absolute Gasteiger partial charge is 0.250 e. The van der Waals surface area contributed by atoms with Crippen LogP contribution in [0.15, 0.2) is 86.6 Å². The van der Waals surface area contributed by atoms with Crippen molar-refractivity contribution in [2.75, 3.05) is 12.9 Å². The van der Waals surface area contributed by atoms with E-state index in [0.717, 1.165) is 25.6 Å². The largest absolute Gasteiger partial charge is 0.493 e. The number of carbonyl (C=O) groups is 1. The molecule has 0 radical (unpaired) electrons. The van der Waals surface area contributed by atoms with Crippen LogP contribution in [0.2, 0.25) is 0 Å². The predicted octanol–water partition coefficient (Wildman–Crippen LogP) is 5.97. The first-order valence-corrected chi connectivity index (χ1v) is 14.2. The summed E-state index contributed by atoms with van der Waals surface area (Å²) in [5.74, 6) is 2.04. The second-order valence-electron chi connectivity index (χ2n) is 7.87. The number of hydrazone groups is 1. The standard InChI is InChI=1S/C27H26N4O3S3/c1-19-8-10-21(11-9-19)17-35-26-30-31-27(37-26)36-18-25(32)29-28-15-22-12-13-23(24(14-22)33-2)34-16-20-6-4-3-5-7-20/h3-15H,16-18H2,1-2H3,(H,29,32)/b28-15+. The summed E-state index contributed by atoms with van der Waals surface area (Å²) in [5.41, 5.74) is 6.88. The number of nitrogens with one attached hydrogen (secondary N) is 1. The highest BCUT2D eigenvalue weighted by atomic mass is 32.2. The molecule has 0 saturated carbocycles. The van der Waals surface area contributed by atoms with Crippen molar-refractivity contribution in [2.45, 2.75) is 28.0 Å². The van der Waals surface area contributed by atoms with Gasteiger partial charge in [0.1, 0.15) is 6.61 Å². The fourth-order valence-corrected chi connectivity index (χ4v) is 5.87. The summed E-state index contributed by atoms with van der Waals surface area (Å²) in [6.07, 6.45) is 1.57. The first-order valence-electron chi connectivity index (χ1n) is 11.4. The lowest BCUT2D eigenvalue weighted by molar-refractivity contribution is -0.118. The number of aryl methyl sites for hydroxylation is 1. The monoisotopic (exact) mass is 550 g/mol. The van der Waals surface area contributed by atoms with Gasteiger partial charge in [0.05, 0.1) is 19.1 Å². The lowest BCUT2D eigenvalue weighted by Gasteiger charge is -2.11. The van der Waals surface area contributed by atoms with Gasteiger partial charge in [-0.05, 0) is 41.8 Å². The maximum Gasteiger partial charge on any atom is 0.250 e. The van der Waals surface area contributed by atoms with Crippen molar-refractivity contribution >= 4 is 47.0 Å². The summed E-state index contributed by atoms with van der Waals surface area (Å²) in [7, 11) is 1.59. The molecule has 0 aliphatic rings. The lowest BCUT2D eigenvalue weighted by atomic mass is 10.2. The van der Waals surface area contributed by atoms with Gasteiger partial charge in [-0.1, -0.05) is 95.0 Å². The molecule has 0 aliphatic heterocycles. The number of amides is 1. The zero-order chi connectivity index (χ0) is 25.9. The van der Waals surface area contributed by atoms with Gasteiger partial charge in [0.25, 0.3) is 5.91 Å². The number of carbonyl (C=O) groups excluding carboxylic acids is 1. The van der Waals surface area contributed by atoms with Crippen LogP contribution in [-0.2, 0) is 17.2 Å². The second-order valence-corrected chi connectivity index (χ2v) is 11.3. The van der Waals surface area contributed by atoms with Crippen LogP contribution in [-0.4, -0.2) is 35.2 Å². The fraction of sp³-hybridized carbons (Fsp3) is 0.185. The number of methoxy groups -OCH3 is 1. The third-order valence-corrected chi connectivity index (χ3v) is 8.29. The Kier molecular flexibility index (Phi) is 9.98. The molecule has 0 bridgehead atoms. The van der Waals surface area contributed by atoms with Crippen molar-refractivity contribution in [1.29, 1.82) is 0 Å². The Morgan fingerprint density at radius 3 is 2.49 bits per heavy atom. The summed E-state index contributed by atoms with van der Waals surface area (Å²) in [6.45, 7) is 2.52. The van der Waals surface area contributed by atoms with E-state index in [4.69, 9.17) is 9.47 Å². The number of thioether (sulfide) groups is 2. The van der Waals surface area contributed by atoms with Gasteiger partial charge in [0, 0.05) is 5.75 Å². The number of benzene rings is 3. The molecule has 0 aliphatic carbocycles. The van der Waals surface area contributed by atoms with Crippen LogP contribution < -0.4 is 14.9 Å². The molecule has 3 aromatic carbocycles. The van der Waals surface area contributed by atoms with Gasteiger partial charge in [-0.15, -0.1) is 10.2 Å². The molecule has 10 heteroatoms. The molecule has 1 amide bonds. The summed E-state index contributed by atoms with van der Waals surface area (Å²) in [4.78, 5) is 12.2. The van der Waals surface area contributed by atoms with Crippen LogP contribution in [0.4, 0.5) is 0 Å². The van der Waals surface area contributed by atoms with Crippen molar-refractivity contribution < 1.29 is 14.3 Å². The summed E-state index contributed by atoms with van der Waals surface area (Å²) in [6, 6.07) is 23.8. The van der Waals surface area contributed by atoms with E-state index in [1.54, 1.807) is 25.1 Å². The van der Waals surface area contributed by atoms with Crippen LogP contribution in [0.1, 0.15) is 22.3 Å². The van der Waals surface area contributed by atoms with Gasteiger partial charge >= 0.3 is 0 Å². The van der Waals surface area contributed by atoms with Crippen LogP contribution in [0.25, 0.3) is 0 Å². The maximum atomic E-state index is 12.2. The van der Waals surface area contributed by atoms with E-state index in [9.17, 15) is 4.79 Å². The van der Waals surface area contributed by atoms with E-state index in [-0.39, 0.29) is 11.7 Å². The van der Waals surface area contributed by atoms with Crippen molar-refractivity contribution in [3.05, 3.63) is 95.1 Å². The molecule has 1 heterocycles. The highest BCUT2D eigenvalue weighted by molar-refractivity contribution is 8.03. The lowest BCUT2D eigenvalue weighted by Crippen LogP contribution is -2.19. The number of rotatable bonds is 12. The topological polar surface area (TPSA) is 85.7 Å². The molecule has 0 spiro atoms. The first-order chi connectivity index (χ1) is 18.1. The van der Waals surface area contributed by atoms with Crippen molar-refractivity contribution in [3.63, 3.8) is 0 Å². The Balaban J connectivity index is 1.21. The highest BCUT2D eigenvalue weighted by Crippen LogP contribution is 2.31.